The summed E-state index contributed by atoms with van der Waals surface area (Å²) >= 11 is 0. The number of fused-ring (bicyclic) bond motifs is 3. The van der Waals surface area contributed by atoms with Crippen LogP contribution in [0.5, 0.6) is 0 Å². The van der Waals surface area contributed by atoms with Gasteiger partial charge in [-0.25, -0.2) is 9.50 Å². The summed E-state index contributed by atoms with van der Waals surface area (Å²) in [5.41, 5.74) is 4.06. The topological polar surface area (TPSA) is 77.1 Å². The molecule has 5 rings (SSSR count). The van der Waals surface area contributed by atoms with Gasteiger partial charge in [-0.3, -0.25) is 9.48 Å². The molecule has 2 fully saturated rings. The quantitative estimate of drug-likeness (QED) is 0.721. The molecule has 4 atom stereocenters. The molecule has 1 amide bonds. The number of rotatable bonds is 5. The Bertz CT molecular complexity index is 1070. The number of aromatic nitrogens is 5. The summed E-state index contributed by atoms with van der Waals surface area (Å²) < 4.78 is 3.71. The van der Waals surface area contributed by atoms with Crippen LogP contribution in [0.1, 0.15) is 55.7 Å². The van der Waals surface area contributed by atoms with Gasteiger partial charge in [-0.2, -0.15) is 10.2 Å². The second kappa shape index (κ2) is 6.97. The van der Waals surface area contributed by atoms with Crippen molar-refractivity contribution in [1.29, 1.82) is 0 Å². The Kier molecular flexibility index (Phi) is 4.41. The number of carbonyl (C=O) groups is 1. The molecule has 152 valence electrons. The number of carbonyl (C=O) groups excluding carboxylic acids is 1. The Labute approximate surface area is 170 Å². The molecule has 2 bridgehead atoms. The van der Waals surface area contributed by atoms with Gasteiger partial charge in [0.05, 0.1) is 11.9 Å². The van der Waals surface area contributed by atoms with Crippen molar-refractivity contribution >= 4 is 11.6 Å². The zero-order valence-corrected chi connectivity index (χ0v) is 17.3. The fourth-order valence-corrected chi connectivity index (χ4v) is 5.52. The fourth-order valence-electron chi connectivity index (χ4n) is 5.52. The summed E-state index contributed by atoms with van der Waals surface area (Å²) in [5.74, 6) is 2.14. The van der Waals surface area contributed by atoms with E-state index in [4.69, 9.17) is 0 Å². The van der Waals surface area contributed by atoms with Crippen LogP contribution in [-0.4, -0.2) is 36.3 Å². The first-order valence-electron chi connectivity index (χ1n) is 10.7. The molecule has 3 aromatic heterocycles. The van der Waals surface area contributed by atoms with Crippen molar-refractivity contribution in [3.63, 3.8) is 0 Å². The van der Waals surface area contributed by atoms with E-state index in [2.05, 4.69) is 34.3 Å². The average molecular weight is 393 g/mol. The number of amides is 1. The molecular weight excluding hydrogens is 364 g/mol. The summed E-state index contributed by atoms with van der Waals surface area (Å²) in [5, 5.41) is 12.2. The Morgan fingerprint density at radius 1 is 1.34 bits per heavy atom. The number of nitrogens with zero attached hydrogens (tertiary/aromatic N) is 5. The Morgan fingerprint density at radius 2 is 2.21 bits per heavy atom. The molecule has 0 aliphatic heterocycles. The monoisotopic (exact) mass is 392 g/mol. The standard InChI is InChI=1S/C22H28N6O/c1-4-27-14(3)18(12-24-27)20-7-8-23-21-11-19(26-28(20)21)22(29)25-13(2)17-10-15-5-6-16(17)9-15/h7-8,11-13,15-17H,4-6,9-10H2,1-3H3,(H,25,29). The highest BCUT2D eigenvalue weighted by Gasteiger charge is 2.42. The van der Waals surface area contributed by atoms with Gasteiger partial charge in [-0.05, 0) is 63.9 Å². The predicted molar refractivity (Wildman–Crippen MR) is 110 cm³/mol. The summed E-state index contributed by atoms with van der Waals surface area (Å²) in [4.78, 5) is 17.3. The van der Waals surface area contributed by atoms with E-state index >= 15 is 0 Å². The van der Waals surface area contributed by atoms with E-state index in [0.717, 1.165) is 35.3 Å². The minimum atomic E-state index is -0.113. The molecule has 7 nitrogen and oxygen atoms in total. The zero-order chi connectivity index (χ0) is 20.1. The molecule has 7 heteroatoms. The van der Waals surface area contributed by atoms with Crippen molar-refractivity contribution in [1.82, 2.24) is 29.7 Å². The van der Waals surface area contributed by atoms with Crippen LogP contribution in [0.25, 0.3) is 16.9 Å². The number of aryl methyl sites for hydroxylation is 1. The van der Waals surface area contributed by atoms with Crippen molar-refractivity contribution in [3.8, 4) is 11.3 Å². The average Bonchev–Trinajstić information content (AvgIpc) is 3.50. The van der Waals surface area contributed by atoms with Gasteiger partial charge in [-0.1, -0.05) is 6.42 Å². The van der Waals surface area contributed by atoms with Gasteiger partial charge in [0.25, 0.3) is 5.91 Å². The molecule has 2 aliphatic carbocycles. The number of hydrogen-bond donors (Lipinski definition) is 1. The van der Waals surface area contributed by atoms with E-state index < -0.39 is 0 Å². The second-order valence-electron chi connectivity index (χ2n) is 8.69. The molecule has 0 saturated heterocycles. The van der Waals surface area contributed by atoms with E-state index in [1.54, 1.807) is 16.8 Å². The maximum Gasteiger partial charge on any atom is 0.272 e. The lowest BCUT2D eigenvalue weighted by atomic mass is 9.84. The lowest BCUT2D eigenvalue weighted by Crippen LogP contribution is -2.40. The van der Waals surface area contributed by atoms with Crippen molar-refractivity contribution < 1.29 is 4.79 Å². The number of nitrogens with one attached hydrogen (secondary N) is 1. The molecule has 0 spiro atoms. The van der Waals surface area contributed by atoms with Crippen molar-refractivity contribution in [2.24, 2.45) is 17.8 Å². The summed E-state index contributed by atoms with van der Waals surface area (Å²) in [7, 11) is 0. The van der Waals surface area contributed by atoms with Gasteiger partial charge in [0, 0.05) is 36.1 Å². The van der Waals surface area contributed by atoms with Crippen molar-refractivity contribution in [3.05, 3.63) is 35.9 Å². The van der Waals surface area contributed by atoms with Crippen molar-refractivity contribution in [2.75, 3.05) is 0 Å². The van der Waals surface area contributed by atoms with Gasteiger partial charge in [0.15, 0.2) is 11.3 Å². The molecule has 3 heterocycles. The summed E-state index contributed by atoms with van der Waals surface area (Å²) in [6.45, 7) is 7.07. The molecule has 1 N–H and O–H groups in total. The molecule has 4 unspecified atom stereocenters. The Morgan fingerprint density at radius 3 is 2.90 bits per heavy atom. The normalized spacial score (nSPS) is 24.3. The molecule has 2 saturated carbocycles. The highest BCUT2D eigenvalue weighted by Crippen LogP contribution is 2.49. The second-order valence-corrected chi connectivity index (χ2v) is 8.69. The van der Waals surface area contributed by atoms with Crippen LogP contribution >= 0.6 is 0 Å². The van der Waals surface area contributed by atoms with Crippen LogP contribution < -0.4 is 5.32 Å². The maximum absolute atomic E-state index is 12.9. The number of hydrogen-bond acceptors (Lipinski definition) is 4. The van der Waals surface area contributed by atoms with Crippen molar-refractivity contribution in [2.45, 2.75) is 59.0 Å². The van der Waals surface area contributed by atoms with Gasteiger partial charge in [0.2, 0.25) is 0 Å². The largest absolute Gasteiger partial charge is 0.348 e. The Hall–Kier alpha value is -2.70. The highest BCUT2D eigenvalue weighted by atomic mass is 16.2. The summed E-state index contributed by atoms with van der Waals surface area (Å²) in [6, 6.07) is 3.87. The zero-order valence-electron chi connectivity index (χ0n) is 17.3. The van der Waals surface area contributed by atoms with E-state index in [1.807, 2.05) is 23.9 Å². The first kappa shape index (κ1) is 18.3. The van der Waals surface area contributed by atoms with E-state index in [0.29, 0.717) is 17.3 Å². The lowest BCUT2D eigenvalue weighted by Gasteiger charge is -2.28. The minimum Gasteiger partial charge on any atom is -0.348 e. The van der Waals surface area contributed by atoms with Crippen LogP contribution in [0, 0.1) is 24.7 Å². The molecule has 0 radical (unpaired) electrons. The molecular formula is C22H28N6O. The molecule has 3 aromatic rings. The maximum atomic E-state index is 12.9. The molecule has 2 aliphatic rings. The lowest BCUT2D eigenvalue weighted by molar-refractivity contribution is 0.0910. The van der Waals surface area contributed by atoms with E-state index in [1.165, 1.54) is 25.7 Å². The van der Waals surface area contributed by atoms with Gasteiger partial charge >= 0.3 is 0 Å². The van der Waals surface area contributed by atoms with Gasteiger partial charge in [0.1, 0.15) is 0 Å². The highest BCUT2D eigenvalue weighted by molar-refractivity contribution is 5.93. The van der Waals surface area contributed by atoms with Crippen LogP contribution in [-0.2, 0) is 6.54 Å². The van der Waals surface area contributed by atoms with Gasteiger partial charge in [-0.15, -0.1) is 0 Å². The predicted octanol–water partition coefficient (Wildman–Crippen LogP) is 3.48. The first-order valence-corrected chi connectivity index (χ1v) is 10.7. The SMILES string of the molecule is CCn1ncc(-c2ccnc3cc(C(=O)NC(C)C4CC5CCC4C5)nn23)c1C. The third-order valence-corrected chi connectivity index (χ3v) is 7.06. The van der Waals surface area contributed by atoms with Crippen LogP contribution in [0.15, 0.2) is 24.5 Å². The molecule has 29 heavy (non-hydrogen) atoms. The Balaban J connectivity index is 1.41. The third-order valence-electron chi connectivity index (χ3n) is 7.06. The third kappa shape index (κ3) is 3.03. The smallest absolute Gasteiger partial charge is 0.272 e. The fraction of sp³-hybridized carbons (Fsp3) is 0.545. The van der Waals surface area contributed by atoms with E-state index in [9.17, 15) is 4.79 Å². The first-order chi connectivity index (χ1) is 14.0. The molecule has 0 aromatic carbocycles. The van der Waals surface area contributed by atoms with Gasteiger partial charge < -0.3 is 5.32 Å². The van der Waals surface area contributed by atoms with E-state index in [-0.39, 0.29) is 11.9 Å². The summed E-state index contributed by atoms with van der Waals surface area (Å²) in [6.07, 6.45) is 8.90. The minimum absolute atomic E-state index is 0.113. The van der Waals surface area contributed by atoms with Crippen LogP contribution in [0.3, 0.4) is 0 Å². The van der Waals surface area contributed by atoms with Crippen LogP contribution in [0.4, 0.5) is 0 Å². The van der Waals surface area contributed by atoms with Crippen LogP contribution in [0.2, 0.25) is 0 Å².